The molecule has 0 aliphatic carbocycles. The normalized spacial score (nSPS) is 12.2. The largest absolute Gasteiger partial charge is 0.492 e. The standard InChI is InChI=1S/C16H18BrNO/c1-11-8-14(9-12(2)16(11)17)19-10-15(18)13-6-4-3-5-7-13/h3-9,15H,10,18H2,1-2H3. The summed E-state index contributed by atoms with van der Waals surface area (Å²) in [4.78, 5) is 0. The highest BCUT2D eigenvalue weighted by atomic mass is 79.9. The van der Waals surface area contributed by atoms with E-state index in [4.69, 9.17) is 10.5 Å². The van der Waals surface area contributed by atoms with Crippen LogP contribution in [-0.4, -0.2) is 6.61 Å². The topological polar surface area (TPSA) is 35.2 Å². The van der Waals surface area contributed by atoms with Crippen molar-refractivity contribution in [2.24, 2.45) is 5.73 Å². The number of rotatable bonds is 4. The molecule has 0 bridgehead atoms. The first-order valence-corrected chi connectivity index (χ1v) is 7.07. The maximum atomic E-state index is 6.11. The van der Waals surface area contributed by atoms with Gasteiger partial charge in [0.1, 0.15) is 12.4 Å². The zero-order chi connectivity index (χ0) is 13.8. The van der Waals surface area contributed by atoms with Gasteiger partial charge in [0.2, 0.25) is 0 Å². The molecule has 0 heterocycles. The molecule has 0 fully saturated rings. The predicted molar refractivity (Wildman–Crippen MR) is 82.5 cm³/mol. The highest BCUT2D eigenvalue weighted by molar-refractivity contribution is 9.10. The van der Waals surface area contributed by atoms with Crippen molar-refractivity contribution in [3.63, 3.8) is 0 Å². The summed E-state index contributed by atoms with van der Waals surface area (Å²) in [6.07, 6.45) is 0. The second-order valence-electron chi connectivity index (χ2n) is 4.70. The van der Waals surface area contributed by atoms with Gasteiger partial charge in [-0.25, -0.2) is 0 Å². The summed E-state index contributed by atoms with van der Waals surface area (Å²) in [5.41, 5.74) is 9.54. The molecular weight excluding hydrogens is 302 g/mol. The molecule has 0 aliphatic heterocycles. The SMILES string of the molecule is Cc1cc(OCC(N)c2ccccc2)cc(C)c1Br. The third-order valence-corrected chi connectivity index (χ3v) is 4.32. The van der Waals surface area contributed by atoms with Gasteiger partial charge in [-0.3, -0.25) is 0 Å². The second kappa shape index (κ2) is 6.22. The molecule has 2 aromatic carbocycles. The number of nitrogens with two attached hydrogens (primary N) is 1. The number of benzene rings is 2. The Balaban J connectivity index is 2.03. The zero-order valence-electron chi connectivity index (χ0n) is 11.2. The van der Waals surface area contributed by atoms with Crippen molar-refractivity contribution in [1.82, 2.24) is 0 Å². The molecule has 0 amide bonds. The number of hydrogen-bond donors (Lipinski definition) is 1. The van der Waals surface area contributed by atoms with Gasteiger partial charge in [0.15, 0.2) is 0 Å². The Labute approximate surface area is 122 Å². The summed E-state index contributed by atoms with van der Waals surface area (Å²) in [6, 6.07) is 13.9. The van der Waals surface area contributed by atoms with Crippen LogP contribution in [0.4, 0.5) is 0 Å². The van der Waals surface area contributed by atoms with Crippen molar-refractivity contribution in [2.45, 2.75) is 19.9 Å². The third-order valence-electron chi connectivity index (χ3n) is 3.07. The van der Waals surface area contributed by atoms with Crippen LogP contribution < -0.4 is 10.5 Å². The summed E-state index contributed by atoms with van der Waals surface area (Å²) < 4.78 is 6.92. The van der Waals surface area contributed by atoms with Crippen molar-refractivity contribution >= 4 is 15.9 Å². The average Bonchev–Trinajstić information content (AvgIpc) is 2.43. The Bertz CT molecular complexity index is 531. The molecule has 2 aromatic rings. The van der Waals surface area contributed by atoms with Gasteiger partial charge < -0.3 is 10.5 Å². The van der Waals surface area contributed by atoms with Gasteiger partial charge in [-0.15, -0.1) is 0 Å². The van der Waals surface area contributed by atoms with E-state index in [1.54, 1.807) is 0 Å². The smallest absolute Gasteiger partial charge is 0.120 e. The minimum absolute atomic E-state index is 0.106. The molecule has 0 saturated heterocycles. The summed E-state index contributed by atoms with van der Waals surface area (Å²) in [6.45, 7) is 4.59. The van der Waals surface area contributed by atoms with E-state index < -0.39 is 0 Å². The van der Waals surface area contributed by atoms with Crippen molar-refractivity contribution in [2.75, 3.05) is 6.61 Å². The van der Waals surface area contributed by atoms with E-state index >= 15 is 0 Å². The Hall–Kier alpha value is -1.32. The lowest BCUT2D eigenvalue weighted by molar-refractivity contribution is 0.290. The molecule has 0 aliphatic rings. The van der Waals surface area contributed by atoms with Crippen LogP contribution in [0.2, 0.25) is 0 Å². The number of halogens is 1. The van der Waals surface area contributed by atoms with E-state index in [9.17, 15) is 0 Å². The van der Waals surface area contributed by atoms with Crippen LogP contribution in [0.1, 0.15) is 22.7 Å². The highest BCUT2D eigenvalue weighted by Crippen LogP contribution is 2.26. The summed E-state index contributed by atoms with van der Waals surface area (Å²) in [5, 5.41) is 0. The van der Waals surface area contributed by atoms with Crippen molar-refractivity contribution in [3.8, 4) is 5.75 Å². The van der Waals surface area contributed by atoms with Gasteiger partial charge in [-0.2, -0.15) is 0 Å². The summed E-state index contributed by atoms with van der Waals surface area (Å²) in [5.74, 6) is 0.865. The second-order valence-corrected chi connectivity index (χ2v) is 5.49. The van der Waals surface area contributed by atoms with E-state index in [-0.39, 0.29) is 6.04 Å². The van der Waals surface area contributed by atoms with E-state index in [0.717, 1.165) is 15.8 Å². The number of ether oxygens (including phenoxy) is 1. The first-order chi connectivity index (χ1) is 9.08. The average molecular weight is 320 g/mol. The molecule has 0 radical (unpaired) electrons. The van der Waals surface area contributed by atoms with Gasteiger partial charge >= 0.3 is 0 Å². The van der Waals surface area contributed by atoms with E-state index in [2.05, 4.69) is 29.8 Å². The maximum Gasteiger partial charge on any atom is 0.120 e. The lowest BCUT2D eigenvalue weighted by Crippen LogP contribution is -2.18. The lowest BCUT2D eigenvalue weighted by Gasteiger charge is -2.15. The van der Waals surface area contributed by atoms with Gasteiger partial charge in [-0.05, 0) is 42.7 Å². The fourth-order valence-corrected chi connectivity index (χ4v) is 2.20. The Kier molecular flexibility index (Phi) is 4.61. The molecule has 2 N–H and O–H groups in total. The molecule has 0 spiro atoms. The van der Waals surface area contributed by atoms with Crippen molar-refractivity contribution in [1.29, 1.82) is 0 Å². The highest BCUT2D eigenvalue weighted by Gasteiger charge is 2.08. The Morgan fingerprint density at radius 1 is 1.11 bits per heavy atom. The fraction of sp³-hybridized carbons (Fsp3) is 0.250. The third kappa shape index (κ3) is 3.58. The first-order valence-electron chi connectivity index (χ1n) is 6.28. The fourth-order valence-electron chi connectivity index (χ4n) is 1.97. The molecule has 2 rings (SSSR count). The molecule has 2 nitrogen and oxygen atoms in total. The van der Waals surface area contributed by atoms with Crippen molar-refractivity contribution in [3.05, 3.63) is 63.6 Å². The summed E-state index contributed by atoms with van der Waals surface area (Å²) in [7, 11) is 0. The van der Waals surface area contributed by atoms with E-state index in [0.29, 0.717) is 6.61 Å². The van der Waals surface area contributed by atoms with Crippen LogP contribution in [-0.2, 0) is 0 Å². The lowest BCUT2D eigenvalue weighted by atomic mass is 10.1. The molecule has 0 saturated carbocycles. The number of aryl methyl sites for hydroxylation is 2. The van der Waals surface area contributed by atoms with Crippen LogP contribution >= 0.6 is 15.9 Å². The molecule has 1 unspecified atom stereocenters. The first kappa shape index (κ1) is 14.1. The summed E-state index contributed by atoms with van der Waals surface area (Å²) >= 11 is 3.55. The monoisotopic (exact) mass is 319 g/mol. The molecule has 19 heavy (non-hydrogen) atoms. The van der Waals surface area contributed by atoms with Crippen LogP contribution in [0.5, 0.6) is 5.75 Å². The zero-order valence-corrected chi connectivity index (χ0v) is 12.8. The Morgan fingerprint density at radius 3 is 2.26 bits per heavy atom. The molecule has 100 valence electrons. The minimum Gasteiger partial charge on any atom is -0.492 e. The quantitative estimate of drug-likeness (QED) is 0.919. The molecule has 1 atom stereocenters. The predicted octanol–water partition coefficient (Wildman–Crippen LogP) is 4.14. The van der Waals surface area contributed by atoms with Crippen molar-refractivity contribution < 1.29 is 4.74 Å². The van der Waals surface area contributed by atoms with Gasteiger partial charge in [0.05, 0.1) is 6.04 Å². The molecule has 3 heteroatoms. The minimum atomic E-state index is -0.106. The van der Waals surface area contributed by atoms with Crippen LogP contribution in [0.3, 0.4) is 0 Å². The van der Waals surface area contributed by atoms with E-state index in [1.165, 1.54) is 11.1 Å². The van der Waals surface area contributed by atoms with Crippen LogP contribution in [0, 0.1) is 13.8 Å². The maximum absolute atomic E-state index is 6.11. The Morgan fingerprint density at radius 2 is 1.68 bits per heavy atom. The van der Waals surface area contributed by atoms with E-state index in [1.807, 2.05) is 42.5 Å². The van der Waals surface area contributed by atoms with Gasteiger partial charge in [-0.1, -0.05) is 46.3 Å². The van der Waals surface area contributed by atoms with Gasteiger partial charge in [0.25, 0.3) is 0 Å². The van der Waals surface area contributed by atoms with Gasteiger partial charge in [0, 0.05) is 4.47 Å². The molecule has 0 aromatic heterocycles. The molecular formula is C16H18BrNO. The number of hydrogen-bond acceptors (Lipinski definition) is 2. The van der Waals surface area contributed by atoms with Crippen LogP contribution in [0.15, 0.2) is 46.9 Å². The van der Waals surface area contributed by atoms with Crippen LogP contribution in [0.25, 0.3) is 0 Å².